The molecular weight excluding hydrogens is 180 g/mol. The Kier molecular flexibility index (Phi) is 2.54. The number of aromatic nitrogens is 1. The van der Waals surface area contributed by atoms with Crippen LogP contribution in [0.4, 0.5) is 0 Å². The number of esters is 1. The van der Waals surface area contributed by atoms with E-state index in [-0.39, 0.29) is 5.97 Å². The van der Waals surface area contributed by atoms with E-state index in [1.54, 1.807) is 0 Å². The van der Waals surface area contributed by atoms with Crippen LogP contribution in [0.15, 0.2) is 12.3 Å². The minimum atomic E-state index is -0.311. The SMILES string of the molecule is COC(=O)c1cc([C@@H]2CCCN2)c[nH]1. The van der Waals surface area contributed by atoms with Crippen LogP contribution in [-0.4, -0.2) is 24.6 Å². The smallest absolute Gasteiger partial charge is 0.354 e. The molecule has 1 saturated heterocycles. The molecule has 0 amide bonds. The van der Waals surface area contributed by atoms with Crippen molar-refractivity contribution in [3.63, 3.8) is 0 Å². The summed E-state index contributed by atoms with van der Waals surface area (Å²) in [6, 6.07) is 2.25. The summed E-state index contributed by atoms with van der Waals surface area (Å²) >= 11 is 0. The predicted octanol–water partition coefficient (Wildman–Crippen LogP) is 1.23. The van der Waals surface area contributed by atoms with Gasteiger partial charge in [-0.3, -0.25) is 0 Å². The number of ether oxygens (including phenoxy) is 1. The van der Waals surface area contributed by atoms with Crippen LogP contribution in [0.5, 0.6) is 0 Å². The van der Waals surface area contributed by atoms with Crippen molar-refractivity contribution >= 4 is 5.97 Å². The Bertz CT molecular complexity index is 327. The van der Waals surface area contributed by atoms with Crippen LogP contribution in [0.2, 0.25) is 0 Å². The standard InChI is InChI=1S/C10H14N2O2/c1-14-10(13)9-5-7(6-12-9)8-3-2-4-11-8/h5-6,8,11-12H,2-4H2,1H3/t8-/m0/s1. The van der Waals surface area contributed by atoms with E-state index in [1.165, 1.54) is 13.5 Å². The van der Waals surface area contributed by atoms with Crippen molar-refractivity contribution in [2.45, 2.75) is 18.9 Å². The second-order valence-corrected chi connectivity index (χ2v) is 3.49. The van der Waals surface area contributed by atoms with Gasteiger partial charge in [0.05, 0.1) is 7.11 Å². The van der Waals surface area contributed by atoms with Crippen LogP contribution in [-0.2, 0) is 4.74 Å². The quantitative estimate of drug-likeness (QED) is 0.696. The molecule has 76 valence electrons. The van der Waals surface area contributed by atoms with Gasteiger partial charge in [-0.05, 0) is 31.0 Å². The number of aromatic amines is 1. The van der Waals surface area contributed by atoms with Crippen molar-refractivity contribution in [2.75, 3.05) is 13.7 Å². The lowest BCUT2D eigenvalue weighted by molar-refractivity contribution is 0.0595. The fourth-order valence-electron chi connectivity index (χ4n) is 1.81. The van der Waals surface area contributed by atoms with Crippen LogP contribution in [0.25, 0.3) is 0 Å². The van der Waals surface area contributed by atoms with Crippen molar-refractivity contribution in [2.24, 2.45) is 0 Å². The molecule has 0 aliphatic carbocycles. The summed E-state index contributed by atoms with van der Waals surface area (Å²) in [6.45, 7) is 1.06. The predicted molar refractivity (Wildman–Crippen MR) is 52.1 cm³/mol. The van der Waals surface area contributed by atoms with E-state index in [9.17, 15) is 4.79 Å². The van der Waals surface area contributed by atoms with Crippen molar-refractivity contribution in [3.8, 4) is 0 Å². The van der Waals surface area contributed by atoms with Crippen LogP contribution < -0.4 is 5.32 Å². The van der Waals surface area contributed by atoms with E-state index in [0.29, 0.717) is 11.7 Å². The molecule has 4 nitrogen and oxygen atoms in total. The van der Waals surface area contributed by atoms with Crippen LogP contribution in [0, 0.1) is 0 Å². The topological polar surface area (TPSA) is 54.1 Å². The molecule has 2 rings (SSSR count). The minimum Gasteiger partial charge on any atom is -0.464 e. The first-order chi connectivity index (χ1) is 6.81. The lowest BCUT2D eigenvalue weighted by Gasteiger charge is -2.05. The third-order valence-corrected chi connectivity index (χ3v) is 2.57. The summed E-state index contributed by atoms with van der Waals surface area (Å²) < 4.78 is 4.62. The highest BCUT2D eigenvalue weighted by atomic mass is 16.5. The number of rotatable bonds is 2. The molecule has 1 aliphatic rings. The number of hydrogen-bond donors (Lipinski definition) is 2. The Hall–Kier alpha value is -1.29. The van der Waals surface area contributed by atoms with Gasteiger partial charge in [-0.15, -0.1) is 0 Å². The maximum atomic E-state index is 11.2. The molecule has 1 aromatic rings. The van der Waals surface area contributed by atoms with Gasteiger partial charge in [0, 0.05) is 12.2 Å². The molecule has 0 radical (unpaired) electrons. The first-order valence-corrected chi connectivity index (χ1v) is 4.81. The fraction of sp³-hybridized carbons (Fsp3) is 0.500. The van der Waals surface area contributed by atoms with Crippen molar-refractivity contribution in [1.29, 1.82) is 0 Å². The highest BCUT2D eigenvalue weighted by Gasteiger charge is 2.18. The van der Waals surface area contributed by atoms with Crippen molar-refractivity contribution in [1.82, 2.24) is 10.3 Å². The molecule has 0 aromatic carbocycles. The number of carbonyl (C=O) groups is 1. The molecule has 4 heteroatoms. The Labute approximate surface area is 82.6 Å². The minimum absolute atomic E-state index is 0.311. The zero-order valence-electron chi connectivity index (χ0n) is 8.17. The van der Waals surface area contributed by atoms with E-state index in [2.05, 4.69) is 15.0 Å². The molecular formula is C10H14N2O2. The fourth-order valence-corrected chi connectivity index (χ4v) is 1.81. The van der Waals surface area contributed by atoms with Crippen molar-refractivity contribution < 1.29 is 9.53 Å². The number of methoxy groups -OCH3 is 1. The second kappa shape index (κ2) is 3.84. The molecule has 1 aliphatic heterocycles. The molecule has 0 bridgehead atoms. The molecule has 0 spiro atoms. The average molecular weight is 194 g/mol. The van der Waals surface area contributed by atoms with Crippen LogP contribution >= 0.6 is 0 Å². The van der Waals surface area contributed by atoms with Gasteiger partial charge in [0.15, 0.2) is 0 Å². The maximum Gasteiger partial charge on any atom is 0.354 e. The average Bonchev–Trinajstić information content (AvgIpc) is 2.86. The molecule has 2 N–H and O–H groups in total. The second-order valence-electron chi connectivity index (χ2n) is 3.49. The van der Waals surface area contributed by atoms with Gasteiger partial charge in [0.1, 0.15) is 5.69 Å². The first kappa shape index (κ1) is 9.27. The number of carbonyl (C=O) groups excluding carboxylic acids is 1. The van der Waals surface area contributed by atoms with Gasteiger partial charge in [-0.25, -0.2) is 4.79 Å². The van der Waals surface area contributed by atoms with Crippen molar-refractivity contribution in [3.05, 3.63) is 23.5 Å². The lowest BCUT2D eigenvalue weighted by atomic mass is 10.1. The van der Waals surface area contributed by atoms with E-state index >= 15 is 0 Å². The molecule has 1 fully saturated rings. The zero-order valence-corrected chi connectivity index (χ0v) is 8.17. The van der Waals surface area contributed by atoms with Gasteiger partial charge in [-0.1, -0.05) is 0 Å². The summed E-state index contributed by atoms with van der Waals surface area (Å²) in [5.74, 6) is -0.311. The van der Waals surface area contributed by atoms with Gasteiger partial charge < -0.3 is 15.0 Å². The lowest BCUT2D eigenvalue weighted by Crippen LogP contribution is -2.11. The third-order valence-electron chi connectivity index (χ3n) is 2.57. The van der Waals surface area contributed by atoms with E-state index in [1.807, 2.05) is 12.3 Å². The van der Waals surface area contributed by atoms with Gasteiger partial charge in [0.25, 0.3) is 0 Å². The normalized spacial score (nSPS) is 21.1. The largest absolute Gasteiger partial charge is 0.464 e. The Balaban J connectivity index is 2.12. The van der Waals surface area contributed by atoms with Gasteiger partial charge in [0.2, 0.25) is 0 Å². The van der Waals surface area contributed by atoms with Gasteiger partial charge >= 0.3 is 5.97 Å². The molecule has 0 saturated carbocycles. The number of hydrogen-bond acceptors (Lipinski definition) is 3. The van der Waals surface area contributed by atoms with E-state index in [0.717, 1.165) is 18.5 Å². The van der Waals surface area contributed by atoms with E-state index in [4.69, 9.17) is 0 Å². The summed E-state index contributed by atoms with van der Waals surface area (Å²) in [5, 5.41) is 3.37. The molecule has 14 heavy (non-hydrogen) atoms. The number of nitrogens with one attached hydrogen (secondary N) is 2. The number of H-pyrrole nitrogens is 1. The monoisotopic (exact) mass is 194 g/mol. The van der Waals surface area contributed by atoms with Gasteiger partial charge in [-0.2, -0.15) is 0 Å². The Morgan fingerprint density at radius 2 is 2.50 bits per heavy atom. The highest BCUT2D eigenvalue weighted by molar-refractivity contribution is 5.87. The Morgan fingerprint density at radius 1 is 1.64 bits per heavy atom. The first-order valence-electron chi connectivity index (χ1n) is 4.81. The molecule has 2 heterocycles. The molecule has 1 atom stereocenters. The van der Waals surface area contributed by atoms with E-state index < -0.39 is 0 Å². The zero-order chi connectivity index (χ0) is 9.97. The molecule has 0 unspecified atom stereocenters. The van der Waals surface area contributed by atoms with Crippen LogP contribution in [0.1, 0.15) is 34.9 Å². The Morgan fingerprint density at radius 3 is 3.14 bits per heavy atom. The summed E-state index contributed by atoms with van der Waals surface area (Å²) in [6.07, 6.45) is 4.21. The summed E-state index contributed by atoms with van der Waals surface area (Å²) in [7, 11) is 1.39. The third kappa shape index (κ3) is 1.65. The summed E-state index contributed by atoms with van der Waals surface area (Å²) in [4.78, 5) is 14.1. The molecule has 1 aromatic heterocycles. The maximum absolute atomic E-state index is 11.2. The highest BCUT2D eigenvalue weighted by Crippen LogP contribution is 2.23. The summed E-state index contributed by atoms with van der Waals surface area (Å²) in [5.41, 5.74) is 1.67. The van der Waals surface area contributed by atoms with Crippen LogP contribution in [0.3, 0.4) is 0 Å².